The number of nitrogens with zero attached hydrogens (tertiary/aromatic N) is 4. The fourth-order valence-corrected chi connectivity index (χ4v) is 3.16. The maximum Gasteiger partial charge on any atom is 0.0701 e. The quantitative estimate of drug-likeness (QED) is 0.172. The highest BCUT2D eigenvalue weighted by Gasteiger charge is 2.11. The summed E-state index contributed by atoms with van der Waals surface area (Å²) >= 11 is 0. The standard InChI is InChI=1S/C21H22N4O3/c1-3-16-4-6-20-18(14-16)19-15-17(23-24-22)5-7-21(19)25(20)8-9-27-12-13-28-11-10-26-2/h1,4-7,14-15H,8-13H2,2H3. The van der Waals surface area contributed by atoms with Crippen molar-refractivity contribution in [3.05, 3.63) is 52.4 Å². The fourth-order valence-electron chi connectivity index (χ4n) is 3.16. The Balaban J connectivity index is 1.80. The summed E-state index contributed by atoms with van der Waals surface area (Å²) in [4.78, 5) is 2.88. The van der Waals surface area contributed by atoms with Crippen LogP contribution in [0.4, 0.5) is 5.69 Å². The Morgan fingerprint density at radius 2 is 1.68 bits per heavy atom. The van der Waals surface area contributed by atoms with Crippen molar-refractivity contribution < 1.29 is 14.2 Å². The molecule has 0 unspecified atom stereocenters. The Bertz CT molecular complexity index is 1050. The van der Waals surface area contributed by atoms with Gasteiger partial charge in [-0.15, -0.1) is 6.42 Å². The van der Waals surface area contributed by atoms with Gasteiger partial charge in [-0.25, -0.2) is 0 Å². The summed E-state index contributed by atoms with van der Waals surface area (Å²) in [6.45, 7) is 3.47. The molecule has 1 heterocycles. The Kier molecular flexibility index (Phi) is 6.90. The van der Waals surface area contributed by atoms with Crippen LogP contribution in [0, 0.1) is 12.3 Å². The third-order valence-electron chi connectivity index (χ3n) is 4.44. The first-order valence-electron chi connectivity index (χ1n) is 9.00. The number of benzene rings is 2. The molecule has 0 saturated heterocycles. The van der Waals surface area contributed by atoms with E-state index < -0.39 is 0 Å². The van der Waals surface area contributed by atoms with Gasteiger partial charge in [0.05, 0.1) is 33.0 Å². The highest BCUT2D eigenvalue weighted by atomic mass is 16.5. The Labute approximate surface area is 163 Å². The van der Waals surface area contributed by atoms with Gasteiger partial charge in [-0.2, -0.15) is 0 Å². The molecule has 0 amide bonds. The lowest BCUT2D eigenvalue weighted by atomic mass is 10.1. The van der Waals surface area contributed by atoms with Crippen LogP contribution in [-0.4, -0.2) is 44.7 Å². The van der Waals surface area contributed by atoms with Crippen LogP contribution >= 0.6 is 0 Å². The second-order valence-electron chi connectivity index (χ2n) is 6.14. The van der Waals surface area contributed by atoms with Gasteiger partial charge in [0.25, 0.3) is 0 Å². The van der Waals surface area contributed by atoms with Gasteiger partial charge in [0.2, 0.25) is 0 Å². The highest BCUT2D eigenvalue weighted by molar-refractivity contribution is 6.09. The number of hydrogen-bond acceptors (Lipinski definition) is 4. The monoisotopic (exact) mass is 378 g/mol. The molecule has 0 bridgehead atoms. The molecule has 0 radical (unpaired) electrons. The number of hydrogen-bond donors (Lipinski definition) is 0. The molecule has 0 aliphatic rings. The van der Waals surface area contributed by atoms with Crippen LogP contribution in [0.15, 0.2) is 41.5 Å². The van der Waals surface area contributed by atoms with Gasteiger partial charge in [-0.3, -0.25) is 0 Å². The lowest BCUT2D eigenvalue weighted by molar-refractivity contribution is 0.0234. The normalized spacial score (nSPS) is 10.9. The van der Waals surface area contributed by atoms with Crippen LogP contribution in [0.5, 0.6) is 0 Å². The van der Waals surface area contributed by atoms with Crippen molar-refractivity contribution in [2.24, 2.45) is 5.11 Å². The highest BCUT2D eigenvalue weighted by Crippen LogP contribution is 2.32. The molecule has 0 spiro atoms. The van der Waals surface area contributed by atoms with E-state index >= 15 is 0 Å². The third kappa shape index (κ3) is 4.45. The Morgan fingerprint density at radius 1 is 1.00 bits per heavy atom. The molecule has 2 aromatic carbocycles. The maximum atomic E-state index is 8.72. The van der Waals surface area contributed by atoms with Gasteiger partial charge in [-0.1, -0.05) is 17.1 Å². The molecule has 7 nitrogen and oxygen atoms in total. The summed E-state index contributed by atoms with van der Waals surface area (Å²) in [5.41, 5.74) is 12.2. The van der Waals surface area contributed by atoms with E-state index in [-0.39, 0.29) is 0 Å². The molecule has 3 rings (SSSR count). The van der Waals surface area contributed by atoms with Crippen molar-refractivity contribution in [1.29, 1.82) is 0 Å². The number of azide groups is 1. The molecule has 7 heteroatoms. The lowest BCUT2D eigenvalue weighted by Gasteiger charge is -2.09. The summed E-state index contributed by atoms with van der Waals surface area (Å²) in [5, 5.41) is 5.75. The van der Waals surface area contributed by atoms with Crippen LogP contribution in [0.3, 0.4) is 0 Å². The van der Waals surface area contributed by atoms with Crippen LogP contribution in [0.1, 0.15) is 5.56 Å². The molecule has 28 heavy (non-hydrogen) atoms. The zero-order valence-corrected chi connectivity index (χ0v) is 15.8. The van der Waals surface area contributed by atoms with E-state index in [0.29, 0.717) is 45.3 Å². The predicted molar refractivity (Wildman–Crippen MR) is 110 cm³/mol. The molecule has 0 aliphatic heterocycles. The van der Waals surface area contributed by atoms with E-state index in [4.69, 9.17) is 26.2 Å². The van der Waals surface area contributed by atoms with E-state index in [2.05, 4.69) is 20.5 Å². The van der Waals surface area contributed by atoms with Crippen molar-refractivity contribution in [1.82, 2.24) is 4.57 Å². The zero-order chi connectivity index (χ0) is 19.8. The first-order chi connectivity index (χ1) is 13.8. The lowest BCUT2D eigenvalue weighted by Crippen LogP contribution is -2.11. The first-order valence-corrected chi connectivity index (χ1v) is 9.00. The summed E-state index contributed by atoms with van der Waals surface area (Å²) in [7, 11) is 1.65. The van der Waals surface area contributed by atoms with E-state index in [1.807, 2.05) is 36.4 Å². The SMILES string of the molecule is C#Cc1ccc2c(c1)c1cc(N=[N+]=[N-])ccc1n2CCOCCOCCOC. The van der Waals surface area contributed by atoms with Crippen LogP contribution < -0.4 is 0 Å². The van der Waals surface area contributed by atoms with Crippen molar-refractivity contribution in [2.45, 2.75) is 6.54 Å². The summed E-state index contributed by atoms with van der Waals surface area (Å²) in [6, 6.07) is 11.6. The molecular weight excluding hydrogens is 356 g/mol. The number of terminal acetylenes is 1. The first kappa shape index (κ1) is 19.7. The van der Waals surface area contributed by atoms with E-state index in [1.165, 1.54) is 0 Å². The molecule has 144 valence electrons. The molecule has 0 atom stereocenters. The Hall–Kier alpha value is -3.01. The van der Waals surface area contributed by atoms with Gasteiger partial charge >= 0.3 is 0 Å². The summed E-state index contributed by atoms with van der Waals surface area (Å²) in [5.74, 6) is 2.67. The minimum Gasteiger partial charge on any atom is -0.382 e. The van der Waals surface area contributed by atoms with Crippen molar-refractivity contribution in [2.75, 3.05) is 40.1 Å². The topological polar surface area (TPSA) is 81.4 Å². The summed E-state index contributed by atoms with van der Waals surface area (Å²) < 4.78 is 18.2. The number of methoxy groups -OCH3 is 1. The van der Waals surface area contributed by atoms with Crippen molar-refractivity contribution in [3.63, 3.8) is 0 Å². The predicted octanol–water partition coefficient (Wildman–Crippen LogP) is 4.40. The molecule has 0 N–H and O–H groups in total. The summed E-state index contributed by atoms with van der Waals surface area (Å²) in [6.07, 6.45) is 5.56. The number of ether oxygens (including phenoxy) is 3. The molecule has 3 aromatic rings. The maximum absolute atomic E-state index is 8.72. The van der Waals surface area contributed by atoms with Gasteiger partial charge in [0.1, 0.15) is 0 Å². The van der Waals surface area contributed by atoms with E-state index in [9.17, 15) is 0 Å². The average molecular weight is 378 g/mol. The van der Waals surface area contributed by atoms with Crippen molar-refractivity contribution in [3.8, 4) is 12.3 Å². The zero-order valence-electron chi connectivity index (χ0n) is 15.8. The fraction of sp³-hybridized carbons (Fsp3) is 0.333. The van der Waals surface area contributed by atoms with E-state index in [1.54, 1.807) is 7.11 Å². The van der Waals surface area contributed by atoms with Gasteiger partial charge in [0, 0.05) is 51.6 Å². The largest absolute Gasteiger partial charge is 0.382 e. The van der Waals surface area contributed by atoms with Gasteiger partial charge in [-0.05, 0) is 35.9 Å². The van der Waals surface area contributed by atoms with Crippen LogP contribution in [0.2, 0.25) is 0 Å². The van der Waals surface area contributed by atoms with Crippen LogP contribution in [0.25, 0.3) is 32.2 Å². The molecule has 0 saturated carbocycles. The Morgan fingerprint density at radius 3 is 2.39 bits per heavy atom. The van der Waals surface area contributed by atoms with Gasteiger partial charge in [0.15, 0.2) is 0 Å². The van der Waals surface area contributed by atoms with Gasteiger partial charge < -0.3 is 18.8 Å². The number of fused-ring (bicyclic) bond motifs is 3. The second-order valence-corrected chi connectivity index (χ2v) is 6.14. The van der Waals surface area contributed by atoms with E-state index in [0.717, 1.165) is 27.4 Å². The molecular formula is C21H22N4O3. The number of aromatic nitrogens is 1. The smallest absolute Gasteiger partial charge is 0.0701 e. The van der Waals surface area contributed by atoms with Crippen LogP contribution in [-0.2, 0) is 20.8 Å². The van der Waals surface area contributed by atoms with Crippen molar-refractivity contribution >= 4 is 27.5 Å². The third-order valence-corrected chi connectivity index (χ3v) is 4.44. The second kappa shape index (κ2) is 9.79. The minimum atomic E-state index is 0.531. The number of rotatable bonds is 10. The minimum absolute atomic E-state index is 0.531. The molecule has 0 aliphatic carbocycles. The average Bonchev–Trinajstić information content (AvgIpc) is 3.02. The molecule has 0 fully saturated rings. The molecule has 1 aromatic heterocycles.